The molecule has 5 heteroatoms. The van der Waals surface area contributed by atoms with Crippen LogP contribution in [0.2, 0.25) is 0 Å². The summed E-state index contributed by atoms with van der Waals surface area (Å²) in [6, 6.07) is 4.06. The summed E-state index contributed by atoms with van der Waals surface area (Å²) >= 11 is 1.88. The molecule has 4 nitrogen and oxygen atoms in total. The van der Waals surface area contributed by atoms with E-state index in [1.807, 2.05) is 30.1 Å². The van der Waals surface area contributed by atoms with Crippen molar-refractivity contribution in [1.82, 2.24) is 14.6 Å². The second-order valence-corrected chi connectivity index (χ2v) is 5.48. The number of thioether (sulfide) groups is 1. The Hall–Kier alpha value is -1.23. The molecule has 0 aromatic carbocycles. The minimum absolute atomic E-state index is 0.668. The first kappa shape index (κ1) is 12.2. The minimum Gasteiger partial charge on any atom is -0.353 e. The van der Waals surface area contributed by atoms with E-state index in [1.54, 1.807) is 4.52 Å². The van der Waals surface area contributed by atoms with E-state index in [0.29, 0.717) is 11.2 Å². The molecule has 1 N–H and O–H groups in total. The van der Waals surface area contributed by atoms with Crippen LogP contribution in [0.4, 0.5) is 5.95 Å². The van der Waals surface area contributed by atoms with Gasteiger partial charge in [0.1, 0.15) is 0 Å². The quantitative estimate of drug-likeness (QED) is 0.885. The third-order valence-corrected chi connectivity index (χ3v) is 3.77. The fraction of sp³-hybridized carbons (Fsp3) is 0.500. The second-order valence-electron chi connectivity index (χ2n) is 4.20. The number of aromatic nitrogens is 3. The zero-order valence-corrected chi connectivity index (χ0v) is 11.3. The lowest BCUT2D eigenvalue weighted by atomic mass is 10.3. The highest BCUT2D eigenvalue weighted by atomic mass is 32.2. The summed E-state index contributed by atoms with van der Waals surface area (Å²) < 4.78 is 1.80. The van der Waals surface area contributed by atoms with Crippen molar-refractivity contribution in [3.63, 3.8) is 0 Å². The topological polar surface area (TPSA) is 42.2 Å². The first-order chi connectivity index (χ1) is 8.19. The van der Waals surface area contributed by atoms with Gasteiger partial charge in [-0.2, -0.15) is 16.7 Å². The third-order valence-electron chi connectivity index (χ3n) is 2.73. The lowest BCUT2D eigenvalue weighted by Crippen LogP contribution is -2.08. The van der Waals surface area contributed by atoms with E-state index in [2.05, 4.69) is 35.5 Å². The van der Waals surface area contributed by atoms with Crippen molar-refractivity contribution in [2.45, 2.75) is 25.5 Å². The lowest BCUT2D eigenvalue weighted by Gasteiger charge is -2.07. The number of hydrogen-bond acceptors (Lipinski definition) is 4. The first-order valence-corrected chi connectivity index (χ1v) is 7.07. The average Bonchev–Trinajstić information content (AvgIpc) is 2.70. The van der Waals surface area contributed by atoms with Crippen molar-refractivity contribution < 1.29 is 0 Å². The van der Waals surface area contributed by atoms with Gasteiger partial charge in [0.15, 0.2) is 5.65 Å². The van der Waals surface area contributed by atoms with Gasteiger partial charge in [-0.05, 0) is 37.3 Å². The van der Waals surface area contributed by atoms with Gasteiger partial charge >= 0.3 is 0 Å². The summed E-state index contributed by atoms with van der Waals surface area (Å²) in [6.07, 6.45) is 5.19. The molecule has 0 saturated carbocycles. The van der Waals surface area contributed by atoms with Crippen LogP contribution < -0.4 is 5.32 Å². The van der Waals surface area contributed by atoms with Crippen LogP contribution >= 0.6 is 11.8 Å². The van der Waals surface area contributed by atoms with E-state index >= 15 is 0 Å². The number of pyridine rings is 1. The number of hydrogen-bond donors (Lipinski definition) is 1. The highest BCUT2D eigenvalue weighted by molar-refractivity contribution is 7.99. The summed E-state index contributed by atoms with van der Waals surface area (Å²) in [5, 5.41) is 8.29. The molecular weight excluding hydrogens is 232 g/mol. The Morgan fingerprint density at radius 2 is 2.35 bits per heavy atom. The van der Waals surface area contributed by atoms with Gasteiger partial charge in [0.25, 0.3) is 0 Å². The Kier molecular flexibility index (Phi) is 3.89. The van der Waals surface area contributed by atoms with E-state index in [4.69, 9.17) is 0 Å². The summed E-state index contributed by atoms with van der Waals surface area (Å²) in [5.74, 6) is 0.712. The van der Waals surface area contributed by atoms with Crippen LogP contribution in [-0.2, 0) is 0 Å². The van der Waals surface area contributed by atoms with E-state index in [1.165, 1.54) is 5.56 Å². The maximum atomic E-state index is 4.43. The van der Waals surface area contributed by atoms with Gasteiger partial charge in [-0.1, -0.05) is 6.92 Å². The molecule has 0 amide bonds. The fourth-order valence-electron chi connectivity index (χ4n) is 1.56. The van der Waals surface area contributed by atoms with Crippen LogP contribution in [0.3, 0.4) is 0 Å². The Balaban J connectivity index is 1.99. The maximum absolute atomic E-state index is 4.43. The molecule has 1 atom stereocenters. The lowest BCUT2D eigenvalue weighted by molar-refractivity contribution is 0.841. The monoisotopic (exact) mass is 250 g/mol. The zero-order valence-electron chi connectivity index (χ0n) is 10.5. The van der Waals surface area contributed by atoms with Gasteiger partial charge < -0.3 is 5.32 Å². The average molecular weight is 250 g/mol. The van der Waals surface area contributed by atoms with Gasteiger partial charge in [0.2, 0.25) is 5.95 Å². The molecule has 1 unspecified atom stereocenters. The van der Waals surface area contributed by atoms with E-state index in [-0.39, 0.29) is 0 Å². The van der Waals surface area contributed by atoms with Crippen molar-refractivity contribution >= 4 is 23.4 Å². The van der Waals surface area contributed by atoms with Gasteiger partial charge in [0, 0.05) is 18.0 Å². The molecule has 0 bridgehead atoms. The smallest absolute Gasteiger partial charge is 0.243 e. The molecule has 0 aliphatic carbocycles. The molecule has 2 rings (SSSR count). The Morgan fingerprint density at radius 3 is 3.12 bits per heavy atom. The summed E-state index contributed by atoms with van der Waals surface area (Å²) in [7, 11) is 0. The normalized spacial score (nSPS) is 12.9. The fourth-order valence-corrected chi connectivity index (χ4v) is 1.92. The molecule has 2 aromatic heterocycles. The standard InChI is InChI=1S/C12H18N4S/c1-9-5-7-16-11(8-9)14-12(15-16)13-6-4-10(2)17-3/h5,7-8,10H,4,6H2,1-3H3,(H,13,15). The van der Waals surface area contributed by atoms with Crippen molar-refractivity contribution in [3.8, 4) is 0 Å². The Labute approximate surface area is 106 Å². The zero-order chi connectivity index (χ0) is 12.3. The number of aryl methyl sites for hydroxylation is 1. The molecule has 17 heavy (non-hydrogen) atoms. The summed E-state index contributed by atoms with van der Waals surface area (Å²) in [4.78, 5) is 4.43. The molecule has 2 aromatic rings. The summed E-state index contributed by atoms with van der Waals surface area (Å²) in [5.41, 5.74) is 2.10. The molecule has 0 saturated heterocycles. The van der Waals surface area contributed by atoms with Gasteiger partial charge in [-0.3, -0.25) is 0 Å². The van der Waals surface area contributed by atoms with Crippen molar-refractivity contribution in [1.29, 1.82) is 0 Å². The SMILES string of the molecule is CSC(C)CCNc1nc2cc(C)ccn2n1. The molecule has 2 heterocycles. The first-order valence-electron chi connectivity index (χ1n) is 5.79. The third kappa shape index (κ3) is 3.12. The molecule has 0 radical (unpaired) electrons. The Bertz CT molecular complexity index is 494. The van der Waals surface area contributed by atoms with Crippen LogP contribution in [0.25, 0.3) is 5.65 Å². The number of anilines is 1. The van der Waals surface area contributed by atoms with Crippen LogP contribution in [0, 0.1) is 6.92 Å². The molecule has 0 aliphatic heterocycles. The maximum Gasteiger partial charge on any atom is 0.243 e. The van der Waals surface area contributed by atoms with Gasteiger partial charge in [-0.15, -0.1) is 5.10 Å². The molecule has 0 aliphatic rings. The van der Waals surface area contributed by atoms with Crippen molar-refractivity contribution in [2.24, 2.45) is 0 Å². The number of nitrogens with zero attached hydrogens (tertiary/aromatic N) is 3. The number of fused-ring (bicyclic) bond motifs is 1. The van der Waals surface area contributed by atoms with Crippen LogP contribution in [0.1, 0.15) is 18.9 Å². The predicted molar refractivity (Wildman–Crippen MR) is 73.8 cm³/mol. The van der Waals surface area contributed by atoms with Gasteiger partial charge in [-0.25, -0.2) is 4.52 Å². The summed E-state index contributed by atoms with van der Waals surface area (Å²) in [6.45, 7) is 5.20. The van der Waals surface area contributed by atoms with E-state index in [0.717, 1.165) is 18.6 Å². The molecule has 92 valence electrons. The Morgan fingerprint density at radius 1 is 1.53 bits per heavy atom. The molecule has 0 fully saturated rings. The number of nitrogens with one attached hydrogen (secondary N) is 1. The largest absolute Gasteiger partial charge is 0.353 e. The number of rotatable bonds is 5. The van der Waals surface area contributed by atoms with Crippen LogP contribution in [0.15, 0.2) is 18.3 Å². The second kappa shape index (κ2) is 5.40. The van der Waals surface area contributed by atoms with Crippen LogP contribution in [0.5, 0.6) is 0 Å². The highest BCUT2D eigenvalue weighted by Crippen LogP contribution is 2.11. The molecular formula is C12H18N4S. The molecule has 0 spiro atoms. The van der Waals surface area contributed by atoms with Crippen LogP contribution in [-0.4, -0.2) is 32.6 Å². The van der Waals surface area contributed by atoms with E-state index in [9.17, 15) is 0 Å². The van der Waals surface area contributed by atoms with Crippen molar-refractivity contribution in [3.05, 3.63) is 23.9 Å². The van der Waals surface area contributed by atoms with Crippen molar-refractivity contribution in [2.75, 3.05) is 18.1 Å². The highest BCUT2D eigenvalue weighted by Gasteiger charge is 2.04. The predicted octanol–water partition coefficient (Wildman–Crippen LogP) is 2.59. The minimum atomic E-state index is 0.668. The van der Waals surface area contributed by atoms with Gasteiger partial charge in [0.05, 0.1) is 0 Å². The van der Waals surface area contributed by atoms with E-state index < -0.39 is 0 Å².